The Balaban J connectivity index is 1.98. The number of sulfonamides is 1. The second kappa shape index (κ2) is 5.60. The van der Waals surface area contributed by atoms with Gasteiger partial charge in [0.1, 0.15) is 4.90 Å². The predicted octanol–water partition coefficient (Wildman–Crippen LogP) is 1.14. The van der Waals surface area contributed by atoms with E-state index in [4.69, 9.17) is 10.3 Å². The molecular formula is C14H20N4O3S. The van der Waals surface area contributed by atoms with Crippen LogP contribution in [0.2, 0.25) is 0 Å². The first-order chi connectivity index (χ1) is 10.4. The Bertz CT molecular complexity index is 786. The van der Waals surface area contributed by atoms with E-state index in [1.807, 2.05) is 13.8 Å². The van der Waals surface area contributed by atoms with Crippen molar-refractivity contribution >= 4 is 21.1 Å². The molecule has 1 aliphatic rings. The van der Waals surface area contributed by atoms with Gasteiger partial charge in [-0.15, -0.1) is 0 Å². The molecule has 2 N–H and O–H groups in total. The van der Waals surface area contributed by atoms with Crippen LogP contribution in [-0.2, 0) is 16.4 Å². The number of nitrogens with zero attached hydrogens (tertiary/aromatic N) is 3. The second-order valence-electron chi connectivity index (χ2n) is 5.80. The molecule has 1 aliphatic heterocycles. The summed E-state index contributed by atoms with van der Waals surface area (Å²) in [6.45, 7) is 4.79. The Morgan fingerprint density at radius 1 is 1.50 bits per heavy atom. The first kappa shape index (κ1) is 15.4. The predicted molar refractivity (Wildman–Crippen MR) is 81.7 cm³/mol. The van der Waals surface area contributed by atoms with Gasteiger partial charge >= 0.3 is 0 Å². The van der Waals surface area contributed by atoms with Crippen molar-refractivity contribution in [1.29, 1.82) is 0 Å². The minimum atomic E-state index is -3.57. The molecule has 0 aromatic carbocycles. The van der Waals surface area contributed by atoms with Crippen LogP contribution < -0.4 is 5.73 Å². The van der Waals surface area contributed by atoms with E-state index in [1.54, 1.807) is 6.07 Å². The van der Waals surface area contributed by atoms with Gasteiger partial charge in [0, 0.05) is 19.1 Å². The Hall–Kier alpha value is -1.51. The molecule has 0 saturated carbocycles. The maximum Gasteiger partial charge on any atom is 0.258 e. The molecule has 2 unspecified atom stereocenters. The number of rotatable bonds is 3. The van der Waals surface area contributed by atoms with E-state index >= 15 is 0 Å². The lowest BCUT2D eigenvalue weighted by Gasteiger charge is -2.34. The number of piperidine rings is 1. The number of nitrogens with two attached hydrogens (primary N) is 1. The molecule has 0 amide bonds. The largest absolute Gasteiger partial charge is 0.336 e. The summed E-state index contributed by atoms with van der Waals surface area (Å²) in [6.07, 6.45) is 2.67. The van der Waals surface area contributed by atoms with Gasteiger partial charge in [0.05, 0.1) is 17.3 Å². The molecule has 0 radical (unpaired) electrons. The van der Waals surface area contributed by atoms with Crippen molar-refractivity contribution in [2.45, 2.75) is 37.6 Å². The van der Waals surface area contributed by atoms with Crippen molar-refractivity contribution < 1.29 is 12.9 Å². The summed E-state index contributed by atoms with van der Waals surface area (Å²) in [5.74, 6) is 0.141. The van der Waals surface area contributed by atoms with Crippen LogP contribution in [0.15, 0.2) is 21.7 Å². The first-order valence-corrected chi connectivity index (χ1v) is 8.87. The van der Waals surface area contributed by atoms with Crippen LogP contribution in [0, 0.1) is 5.92 Å². The SMILES string of the molecule is CCc1noc2ncc(S(=O)(=O)N3CCC(N)C(C)C3)cc12. The lowest BCUT2D eigenvalue weighted by molar-refractivity contribution is 0.250. The van der Waals surface area contributed by atoms with Crippen molar-refractivity contribution in [2.24, 2.45) is 11.7 Å². The van der Waals surface area contributed by atoms with E-state index in [2.05, 4.69) is 10.1 Å². The van der Waals surface area contributed by atoms with Gasteiger partial charge in [-0.1, -0.05) is 19.0 Å². The van der Waals surface area contributed by atoms with Crippen molar-refractivity contribution in [1.82, 2.24) is 14.4 Å². The highest BCUT2D eigenvalue weighted by Crippen LogP contribution is 2.26. The average molecular weight is 324 g/mol. The van der Waals surface area contributed by atoms with Gasteiger partial charge in [0.25, 0.3) is 5.71 Å². The molecule has 2 aromatic rings. The van der Waals surface area contributed by atoms with Gasteiger partial charge in [-0.25, -0.2) is 13.4 Å². The number of hydrogen-bond acceptors (Lipinski definition) is 6. The molecule has 8 heteroatoms. The molecule has 22 heavy (non-hydrogen) atoms. The molecule has 0 spiro atoms. The molecule has 1 fully saturated rings. The summed E-state index contributed by atoms with van der Waals surface area (Å²) >= 11 is 0. The van der Waals surface area contributed by atoms with Gasteiger partial charge in [-0.2, -0.15) is 4.31 Å². The zero-order chi connectivity index (χ0) is 15.9. The highest BCUT2D eigenvalue weighted by Gasteiger charge is 2.32. The average Bonchev–Trinajstić information content (AvgIpc) is 2.92. The number of aryl methyl sites for hydroxylation is 1. The fourth-order valence-electron chi connectivity index (χ4n) is 2.75. The Kier molecular flexibility index (Phi) is 3.92. The smallest absolute Gasteiger partial charge is 0.258 e. The lowest BCUT2D eigenvalue weighted by atomic mass is 9.96. The Labute approximate surface area is 129 Å². The summed E-state index contributed by atoms with van der Waals surface area (Å²) in [5.41, 5.74) is 7.05. The maximum atomic E-state index is 12.8. The van der Waals surface area contributed by atoms with Crippen LogP contribution >= 0.6 is 0 Å². The van der Waals surface area contributed by atoms with E-state index < -0.39 is 10.0 Å². The molecule has 0 bridgehead atoms. The molecule has 2 atom stereocenters. The van der Waals surface area contributed by atoms with Gasteiger partial charge in [0.15, 0.2) is 0 Å². The molecule has 0 aliphatic carbocycles. The van der Waals surface area contributed by atoms with Crippen LogP contribution in [0.5, 0.6) is 0 Å². The fraction of sp³-hybridized carbons (Fsp3) is 0.571. The topological polar surface area (TPSA) is 102 Å². The minimum Gasteiger partial charge on any atom is -0.336 e. The molecule has 3 rings (SSSR count). The molecule has 1 saturated heterocycles. The molecule has 2 aromatic heterocycles. The van der Waals surface area contributed by atoms with E-state index in [9.17, 15) is 8.42 Å². The van der Waals surface area contributed by atoms with Crippen LogP contribution in [0.4, 0.5) is 0 Å². The number of aromatic nitrogens is 2. The lowest BCUT2D eigenvalue weighted by Crippen LogP contribution is -2.48. The van der Waals surface area contributed by atoms with Gasteiger partial charge in [0.2, 0.25) is 10.0 Å². The standard InChI is InChI=1S/C14H20N4O3S/c1-3-13-11-6-10(7-16-14(11)21-17-13)22(19,20)18-5-4-12(15)9(2)8-18/h6-7,9,12H,3-5,8,15H2,1-2H3. The van der Waals surface area contributed by atoms with Crippen LogP contribution in [-0.4, -0.2) is 42.0 Å². The third-order valence-electron chi connectivity index (χ3n) is 4.29. The third-order valence-corrected chi connectivity index (χ3v) is 6.12. The summed E-state index contributed by atoms with van der Waals surface area (Å²) in [4.78, 5) is 4.27. The molecule has 120 valence electrons. The Morgan fingerprint density at radius 2 is 2.27 bits per heavy atom. The first-order valence-electron chi connectivity index (χ1n) is 7.43. The van der Waals surface area contributed by atoms with Crippen LogP contribution in [0.25, 0.3) is 11.1 Å². The van der Waals surface area contributed by atoms with E-state index in [1.165, 1.54) is 10.5 Å². The molecular weight excluding hydrogens is 304 g/mol. The number of fused-ring (bicyclic) bond motifs is 1. The van der Waals surface area contributed by atoms with Gasteiger partial charge in [-0.05, 0) is 24.8 Å². The summed E-state index contributed by atoms with van der Waals surface area (Å²) < 4.78 is 32.2. The number of hydrogen-bond donors (Lipinski definition) is 1. The zero-order valence-corrected chi connectivity index (χ0v) is 13.5. The molecule has 3 heterocycles. The maximum absolute atomic E-state index is 12.8. The zero-order valence-electron chi connectivity index (χ0n) is 12.7. The van der Waals surface area contributed by atoms with Crippen molar-refractivity contribution in [3.63, 3.8) is 0 Å². The number of pyridine rings is 1. The van der Waals surface area contributed by atoms with Crippen molar-refractivity contribution in [3.05, 3.63) is 18.0 Å². The molecule has 7 nitrogen and oxygen atoms in total. The van der Waals surface area contributed by atoms with Crippen molar-refractivity contribution in [3.8, 4) is 0 Å². The van der Waals surface area contributed by atoms with Crippen molar-refractivity contribution in [2.75, 3.05) is 13.1 Å². The van der Waals surface area contributed by atoms with Gasteiger partial charge < -0.3 is 10.3 Å². The monoisotopic (exact) mass is 324 g/mol. The summed E-state index contributed by atoms with van der Waals surface area (Å²) in [5, 5.41) is 4.57. The van der Waals surface area contributed by atoms with E-state index in [0.717, 1.165) is 0 Å². The van der Waals surface area contributed by atoms with E-state index in [-0.39, 0.29) is 16.9 Å². The summed E-state index contributed by atoms with van der Waals surface area (Å²) in [6, 6.07) is 1.66. The summed E-state index contributed by atoms with van der Waals surface area (Å²) in [7, 11) is -3.57. The Morgan fingerprint density at radius 3 is 2.95 bits per heavy atom. The second-order valence-corrected chi connectivity index (χ2v) is 7.74. The minimum absolute atomic E-state index is 0.0526. The fourth-order valence-corrected chi connectivity index (χ4v) is 4.28. The van der Waals surface area contributed by atoms with Crippen LogP contribution in [0.1, 0.15) is 26.0 Å². The van der Waals surface area contributed by atoms with Crippen LogP contribution in [0.3, 0.4) is 0 Å². The highest BCUT2D eigenvalue weighted by atomic mass is 32.2. The quantitative estimate of drug-likeness (QED) is 0.908. The third kappa shape index (κ3) is 2.51. The van der Waals surface area contributed by atoms with E-state index in [0.29, 0.717) is 42.7 Å². The highest BCUT2D eigenvalue weighted by molar-refractivity contribution is 7.89. The van der Waals surface area contributed by atoms with Gasteiger partial charge in [-0.3, -0.25) is 0 Å². The normalized spacial score (nSPS) is 24.0.